The first-order valence-corrected chi connectivity index (χ1v) is 4.51. The fourth-order valence-corrected chi connectivity index (χ4v) is 1.31. The van der Waals surface area contributed by atoms with Crippen molar-refractivity contribution in [3.8, 4) is 0 Å². The number of pyridine rings is 1. The van der Waals surface area contributed by atoms with E-state index >= 15 is 0 Å². The van der Waals surface area contributed by atoms with Gasteiger partial charge in [-0.3, -0.25) is 0 Å². The van der Waals surface area contributed by atoms with Crippen LogP contribution in [0.25, 0.3) is 0 Å². The first-order valence-electron chi connectivity index (χ1n) is 4.51. The van der Waals surface area contributed by atoms with Gasteiger partial charge in [-0.15, -0.1) is 0 Å². The highest BCUT2D eigenvalue weighted by Gasteiger charge is 2.36. The third-order valence-electron chi connectivity index (χ3n) is 2.07. The second-order valence-electron chi connectivity index (χ2n) is 3.23. The van der Waals surface area contributed by atoms with Crippen LogP contribution in [0.15, 0.2) is 6.07 Å². The predicted molar refractivity (Wildman–Crippen MR) is 49.0 cm³/mol. The van der Waals surface area contributed by atoms with Crippen LogP contribution in [0.5, 0.6) is 0 Å². The Kier molecular flexibility index (Phi) is 3.85. The quantitative estimate of drug-likeness (QED) is 0.825. The monoisotopic (exact) mass is 270 g/mol. The zero-order chi connectivity index (χ0) is 14.1. The van der Waals surface area contributed by atoms with Crippen molar-refractivity contribution >= 4 is 5.97 Å². The Balaban J connectivity index is 3.57. The molecular formula is C9H7F5N2O2. The molecule has 4 nitrogen and oxygen atoms in total. The summed E-state index contributed by atoms with van der Waals surface area (Å²) < 4.78 is 62.6. The van der Waals surface area contributed by atoms with Crippen LogP contribution >= 0.6 is 0 Å². The van der Waals surface area contributed by atoms with Crippen LogP contribution in [0.3, 0.4) is 0 Å². The average Bonchev–Trinajstić information content (AvgIpc) is 2.25. The number of aromatic carboxylic acids is 1. The summed E-state index contributed by atoms with van der Waals surface area (Å²) in [6.45, 7) is -0.710. The molecule has 0 unspecified atom stereocenters. The molecule has 9 heteroatoms. The molecular weight excluding hydrogens is 263 g/mol. The lowest BCUT2D eigenvalue weighted by Crippen LogP contribution is -2.18. The van der Waals surface area contributed by atoms with Gasteiger partial charge in [0.1, 0.15) is 0 Å². The van der Waals surface area contributed by atoms with Crippen molar-refractivity contribution in [2.45, 2.75) is 19.1 Å². The molecule has 0 aliphatic rings. The lowest BCUT2D eigenvalue weighted by Gasteiger charge is -2.14. The Hall–Kier alpha value is -1.77. The number of carboxylic acids is 1. The summed E-state index contributed by atoms with van der Waals surface area (Å²) in [5.41, 5.74) is 0.347. The van der Waals surface area contributed by atoms with E-state index in [1.54, 1.807) is 0 Å². The second kappa shape index (κ2) is 4.84. The number of halogens is 5. The van der Waals surface area contributed by atoms with E-state index in [0.29, 0.717) is 0 Å². The van der Waals surface area contributed by atoms with Gasteiger partial charge in [0.2, 0.25) is 0 Å². The molecule has 0 aromatic carbocycles. The van der Waals surface area contributed by atoms with E-state index in [1.165, 1.54) is 0 Å². The molecule has 0 saturated carbocycles. The third kappa shape index (κ3) is 2.73. The number of alkyl halides is 5. The molecule has 0 radical (unpaired) electrons. The standard InChI is InChI=1S/C9H7F5N2O2/c10-7(11)3-1-4(9(12,13)14)5(2-15)16-6(3)8(17)18/h1,7H,2,15H2,(H,17,18). The molecule has 18 heavy (non-hydrogen) atoms. The van der Waals surface area contributed by atoms with E-state index in [4.69, 9.17) is 10.8 Å². The Morgan fingerprint density at radius 3 is 2.33 bits per heavy atom. The molecule has 1 aromatic rings. The van der Waals surface area contributed by atoms with Crippen molar-refractivity contribution in [1.82, 2.24) is 4.98 Å². The smallest absolute Gasteiger partial charge is 0.418 e. The predicted octanol–water partition coefficient (Wildman–Crippen LogP) is 2.19. The van der Waals surface area contributed by atoms with Crippen molar-refractivity contribution in [3.63, 3.8) is 0 Å². The third-order valence-corrected chi connectivity index (χ3v) is 2.07. The van der Waals surface area contributed by atoms with Crippen molar-refractivity contribution in [3.05, 3.63) is 28.6 Å². The molecule has 0 amide bonds. The fourth-order valence-electron chi connectivity index (χ4n) is 1.31. The fraction of sp³-hybridized carbons (Fsp3) is 0.333. The highest BCUT2D eigenvalue weighted by atomic mass is 19.4. The van der Waals surface area contributed by atoms with Crippen LogP contribution in [0.1, 0.15) is 33.7 Å². The van der Waals surface area contributed by atoms with Gasteiger partial charge in [0.05, 0.1) is 16.8 Å². The minimum Gasteiger partial charge on any atom is -0.476 e. The largest absolute Gasteiger partial charge is 0.476 e. The summed E-state index contributed by atoms with van der Waals surface area (Å²) in [4.78, 5) is 13.7. The SMILES string of the molecule is NCc1nc(C(=O)O)c(C(F)F)cc1C(F)(F)F. The maximum atomic E-state index is 12.5. The van der Waals surface area contributed by atoms with Gasteiger partial charge in [-0.25, -0.2) is 18.6 Å². The van der Waals surface area contributed by atoms with Crippen LogP contribution in [0, 0.1) is 0 Å². The van der Waals surface area contributed by atoms with E-state index in [1.807, 2.05) is 0 Å². The molecule has 0 saturated heterocycles. The van der Waals surface area contributed by atoms with Crippen molar-refractivity contribution in [2.24, 2.45) is 5.73 Å². The van der Waals surface area contributed by atoms with Crippen molar-refractivity contribution in [2.75, 3.05) is 0 Å². The van der Waals surface area contributed by atoms with Crippen LogP contribution < -0.4 is 5.73 Å². The number of nitrogens with two attached hydrogens (primary N) is 1. The summed E-state index contributed by atoms with van der Waals surface area (Å²) in [6.07, 6.45) is -8.31. The first kappa shape index (κ1) is 14.3. The first-order chi connectivity index (χ1) is 8.18. The Morgan fingerprint density at radius 2 is 2.00 bits per heavy atom. The van der Waals surface area contributed by atoms with Gasteiger partial charge >= 0.3 is 12.1 Å². The maximum Gasteiger partial charge on any atom is 0.418 e. The van der Waals surface area contributed by atoms with Crippen LogP contribution in [-0.2, 0) is 12.7 Å². The highest BCUT2D eigenvalue weighted by Crippen LogP contribution is 2.34. The number of carbonyl (C=O) groups is 1. The molecule has 1 aromatic heterocycles. The molecule has 0 bridgehead atoms. The van der Waals surface area contributed by atoms with E-state index in [2.05, 4.69) is 4.98 Å². The number of aromatic nitrogens is 1. The summed E-state index contributed by atoms with van der Waals surface area (Å²) in [5.74, 6) is -1.84. The molecule has 3 N–H and O–H groups in total. The van der Waals surface area contributed by atoms with Gasteiger partial charge in [-0.2, -0.15) is 13.2 Å². The molecule has 1 rings (SSSR count). The maximum absolute atomic E-state index is 12.5. The van der Waals surface area contributed by atoms with E-state index in [0.717, 1.165) is 0 Å². The van der Waals surface area contributed by atoms with E-state index < -0.39 is 47.6 Å². The summed E-state index contributed by atoms with van der Waals surface area (Å²) >= 11 is 0. The van der Waals surface area contributed by atoms with Gasteiger partial charge < -0.3 is 10.8 Å². The van der Waals surface area contributed by atoms with Crippen molar-refractivity contribution in [1.29, 1.82) is 0 Å². The van der Waals surface area contributed by atoms with E-state index in [9.17, 15) is 26.7 Å². The Bertz CT molecular complexity index is 473. The molecule has 0 atom stereocenters. The minimum absolute atomic E-state index is 0.0727. The summed E-state index contributed by atoms with van der Waals surface area (Å²) in [7, 11) is 0. The molecule has 0 spiro atoms. The minimum atomic E-state index is -4.93. The van der Waals surface area contributed by atoms with Gasteiger partial charge in [0.25, 0.3) is 6.43 Å². The summed E-state index contributed by atoms with van der Waals surface area (Å²) in [5, 5.41) is 8.61. The number of hydrogen-bond donors (Lipinski definition) is 2. The number of hydrogen-bond acceptors (Lipinski definition) is 3. The molecule has 100 valence electrons. The van der Waals surface area contributed by atoms with Crippen LogP contribution in [-0.4, -0.2) is 16.1 Å². The number of nitrogens with zero attached hydrogens (tertiary/aromatic N) is 1. The summed E-state index contributed by atoms with van der Waals surface area (Å²) in [6, 6.07) is 0.0727. The van der Waals surface area contributed by atoms with Gasteiger partial charge in [0, 0.05) is 6.54 Å². The normalized spacial score (nSPS) is 11.9. The van der Waals surface area contributed by atoms with E-state index in [-0.39, 0.29) is 6.07 Å². The number of carboxylic acid groups (broad SMARTS) is 1. The molecule has 0 aliphatic carbocycles. The van der Waals surface area contributed by atoms with Crippen LogP contribution in [0.2, 0.25) is 0 Å². The zero-order valence-electron chi connectivity index (χ0n) is 8.63. The molecule has 1 heterocycles. The Labute approximate surface area is 97.2 Å². The topological polar surface area (TPSA) is 76.2 Å². The van der Waals surface area contributed by atoms with Gasteiger partial charge in [0.15, 0.2) is 5.69 Å². The average molecular weight is 270 g/mol. The lowest BCUT2D eigenvalue weighted by molar-refractivity contribution is -0.138. The van der Waals surface area contributed by atoms with Crippen molar-refractivity contribution < 1.29 is 31.9 Å². The highest BCUT2D eigenvalue weighted by molar-refractivity contribution is 5.87. The lowest BCUT2D eigenvalue weighted by atomic mass is 10.1. The zero-order valence-corrected chi connectivity index (χ0v) is 8.63. The van der Waals surface area contributed by atoms with Gasteiger partial charge in [-0.1, -0.05) is 0 Å². The molecule has 0 fully saturated rings. The molecule has 0 aliphatic heterocycles. The van der Waals surface area contributed by atoms with Crippen LogP contribution in [0.4, 0.5) is 22.0 Å². The van der Waals surface area contributed by atoms with Gasteiger partial charge in [-0.05, 0) is 6.07 Å². The number of rotatable bonds is 3. The Morgan fingerprint density at radius 1 is 1.44 bits per heavy atom. The second-order valence-corrected chi connectivity index (χ2v) is 3.23.